The van der Waals surface area contributed by atoms with Crippen molar-refractivity contribution >= 4 is 21.6 Å². The van der Waals surface area contributed by atoms with E-state index < -0.39 is 10.0 Å². The molecule has 0 atom stereocenters. The summed E-state index contributed by atoms with van der Waals surface area (Å²) in [5.74, 6) is 0.492. The molecule has 0 bridgehead atoms. The normalized spacial score (nSPS) is 11.1. The van der Waals surface area contributed by atoms with Crippen LogP contribution in [0, 0.1) is 0 Å². The van der Waals surface area contributed by atoms with E-state index in [1.54, 1.807) is 18.2 Å². The first-order valence-corrected chi connectivity index (χ1v) is 8.98. The Balaban J connectivity index is 2.05. The molecule has 24 heavy (non-hydrogen) atoms. The van der Waals surface area contributed by atoms with Gasteiger partial charge in [0.15, 0.2) is 0 Å². The van der Waals surface area contributed by atoms with Crippen molar-refractivity contribution in [3.63, 3.8) is 0 Å². The molecular formula is C17H20N2O4S. The van der Waals surface area contributed by atoms with E-state index in [9.17, 15) is 13.2 Å². The number of anilines is 1. The average Bonchev–Trinajstić information content (AvgIpc) is 2.54. The van der Waals surface area contributed by atoms with Gasteiger partial charge in [0.25, 0.3) is 0 Å². The van der Waals surface area contributed by atoms with Gasteiger partial charge in [0.2, 0.25) is 15.9 Å². The van der Waals surface area contributed by atoms with Crippen molar-refractivity contribution in [1.82, 2.24) is 4.72 Å². The van der Waals surface area contributed by atoms with Crippen LogP contribution in [-0.4, -0.2) is 20.9 Å². The highest BCUT2D eigenvalue weighted by molar-refractivity contribution is 7.89. The summed E-state index contributed by atoms with van der Waals surface area (Å²) in [7, 11) is -3.63. The van der Waals surface area contributed by atoms with Gasteiger partial charge in [-0.15, -0.1) is 0 Å². The van der Waals surface area contributed by atoms with E-state index in [0.29, 0.717) is 18.0 Å². The average molecular weight is 348 g/mol. The highest BCUT2D eigenvalue weighted by Crippen LogP contribution is 2.16. The zero-order valence-corrected chi connectivity index (χ0v) is 14.4. The van der Waals surface area contributed by atoms with Crippen molar-refractivity contribution < 1.29 is 17.9 Å². The lowest BCUT2D eigenvalue weighted by Crippen LogP contribution is -2.23. The summed E-state index contributed by atoms with van der Waals surface area (Å²) in [6.45, 7) is 4.00. The number of sulfonamides is 1. The van der Waals surface area contributed by atoms with Crippen molar-refractivity contribution in [2.24, 2.45) is 0 Å². The minimum atomic E-state index is -3.63. The molecule has 7 heteroatoms. The maximum Gasteiger partial charge on any atom is 0.240 e. The predicted octanol–water partition coefficient (Wildman–Crippen LogP) is 2.52. The minimum absolute atomic E-state index is 0.137. The Labute approximate surface area is 141 Å². The third-order valence-corrected chi connectivity index (χ3v) is 4.58. The Morgan fingerprint density at radius 2 is 1.83 bits per heavy atom. The largest absolute Gasteiger partial charge is 0.494 e. The summed E-state index contributed by atoms with van der Waals surface area (Å²) < 4.78 is 32.6. The Hall–Kier alpha value is -2.38. The van der Waals surface area contributed by atoms with Crippen molar-refractivity contribution in [2.45, 2.75) is 25.3 Å². The summed E-state index contributed by atoms with van der Waals surface area (Å²) in [4.78, 5) is 11.1. The second-order valence-electron chi connectivity index (χ2n) is 5.11. The second kappa shape index (κ2) is 7.94. The zero-order chi connectivity index (χ0) is 17.6. The minimum Gasteiger partial charge on any atom is -0.494 e. The van der Waals surface area contributed by atoms with E-state index in [1.165, 1.54) is 19.1 Å². The molecule has 2 aromatic rings. The highest BCUT2D eigenvalue weighted by atomic mass is 32.2. The van der Waals surface area contributed by atoms with E-state index in [0.717, 1.165) is 5.56 Å². The molecule has 2 rings (SSSR count). The molecule has 0 saturated heterocycles. The predicted molar refractivity (Wildman–Crippen MR) is 92.4 cm³/mol. The van der Waals surface area contributed by atoms with Crippen molar-refractivity contribution in [2.75, 3.05) is 11.9 Å². The Morgan fingerprint density at radius 3 is 2.46 bits per heavy atom. The summed E-state index contributed by atoms with van der Waals surface area (Å²) in [6.07, 6.45) is 0. The lowest BCUT2D eigenvalue weighted by Gasteiger charge is -2.09. The zero-order valence-electron chi connectivity index (χ0n) is 13.6. The van der Waals surface area contributed by atoms with E-state index in [2.05, 4.69) is 10.0 Å². The number of amides is 1. The maximum absolute atomic E-state index is 12.3. The van der Waals surface area contributed by atoms with Gasteiger partial charge in [-0.1, -0.05) is 12.1 Å². The van der Waals surface area contributed by atoms with Crippen LogP contribution in [0.2, 0.25) is 0 Å². The summed E-state index contributed by atoms with van der Waals surface area (Å²) in [6, 6.07) is 13.3. The molecule has 0 aliphatic heterocycles. The van der Waals surface area contributed by atoms with Gasteiger partial charge in [-0.3, -0.25) is 4.79 Å². The molecule has 128 valence electrons. The molecule has 0 aromatic heterocycles. The summed E-state index contributed by atoms with van der Waals surface area (Å²) in [5, 5.41) is 2.59. The van der Waals surface area contributed by atoms with E-state index in [-0.39, 0.29) is 17.3 Å². The van der Waals surface area contributed by atoms with Crippen LogP contribution in [0.4, 0.5) is 5.69 Å². The Morgan fingerprint density at radius 1 is 1.12 bits per heavy atom. The van der Waals surface area contributed by atoms with Gasteiger partial charge in [0.1, 0.15) is 5.75 Å². The molecule has 0 heterocycles. The van der Waals surface area contributed by atoms with Crippen molar-refractivity contribution in [1.29, 1.82) is 0 Å². The molecule has 0 aliphatic rings. The maximum atomic E-state index is 12.3. The first-order chi connectivity index (χ1) is 11.4. The highest BCUT2D eigenvalue weighted by Gasteiger charge is 2.13. The van der Waals surface area contributed by atoms with Crippen LogP contribution in [0.5, 0.6) is 5.75 Å². The molecule has 0 saturated carbocycles. The molecule has 0 spiro atoms. The van der Waals surface area contributed by atoms with Gasteiger partial charge >= 0.3 is 0 Å². The molecule has 6 nitrogen and oxygen atoms in total. The number of hydrogen-bond donors (Lipinski definition) is 2. The molecule has 0 unspecified atom stereocenters. The van der Waals surface area contributed by atoms with Gasteiger partial charge in [0.05, 0.1) is 11.5 Å². The standard InChI is InChI=1S/C17H20N2O4S/c1-3-23-16-6-4-5-14(11-16)12-18-24(21,22)17-9-7-15(8-10-17)19-13(2)20/h4-11,18H,3,12H2,1-2H3,(H,19,20). The smallest absolute Gasteiger partial charge is 0.240 e. The number of carbonyl (C=O) groups is 1. The fourth-order valence-corrected chi connectivity index (χ4v) is 3.11. The van der Waals surface area contributed by atoms with Crippen LogP contribution < -0.4 is 14.8 Å². The van der Waals surface area contributed by atoms with E-state index >= 15 is 0 Å². The monoisotopic (exact) mass is 348 g/mol. The second-order valence-corrected chi connectivity index (χ2v) is 6.88. The van der Waals surface area contributed by atoms with Gasteiger partial charge in [-0.2, -0.15) is 0 Å². The van der Waals surface area contributed by atoms with Gasteiger partial charge in [-0.25, -0.2) is 13.1 Å². The molecule has 2 N–H and O–H groups in total. The van der Waals surface area contributed by atoms with Crippen molar-refractivity contribution in [3.8, 4) is 5.75 Å². The quantitative estimate of drug-likeness (QED) is 0.805. The van der Waals surface area contributed by atoms with Gasteiger partial charge < -0.3 is 10.1 Å². The number of nitrogens with one attached hydrogen (secondary N) is 2. The number of benzene rings is 2. The van der Waals surface area contributed by atoms with Crippen LogP contribution in [0.3, 0.4) is 0 Å². The Bertz CT molecular complexity index is 802. The molecule has 0 radical (unpaired) electrons. The number of rotatable bonds is 7. The van der Waals surface area contributed by atoms with E-state index in [1.807, 2.05) is 25.1 Å². The van der Waals surface area contributed by atoms with Crippen LogP contribution in [0.15, 0.2) is 53.4 Å². The van der Waals surface area contributed by atoms with Crippen LogP contribution in [0.25, 0.3) is 0 Å². The third-order valence-electron chi connectivity index (χ3n) is 3.16. The first-order valence-electron chi connectivity index (χ1n) is 7.50. The third kappa shape index (κ3) is 5.07. The molecule has 1 amide bonds. The lowest BCUT2D eigenvalue weighted by atomic mass is 10.2. The van der Waals surface area contributed by atoms with Crippen molar-refractivity contribution in [3.05, 3.63) is 54.1 Å². The molecule has 0 fully saturated rings. The number of ether oxygens (including phenoxy) is 1. The van der Waals surface area contributed by atoms with Gasteiger partial charge in [0, 0.05) is 19.2 Å². The molecular weight excluding hydrogens is 328 g/mol. The first kappa shape index (κ1) is 18.0. The fraction of sp³-hybridized carbons (Fsp3) is 0.235. The topological polar surface area (TPSA) is 84.5 Å². The number of hydrogen-bond acceptors (Lipinski definition) is 4. The van der Waals surface area contributed by atoms with Crippen LogP contribution >= 0.6 is 0 Å². The number of carbonyl (C=O) groups excluding carboxylic acids is 1. The summed E-state index contributed by atoms with van der Waals surface area (Å²) >= 11 is 0. The van der Waals surface area contributed by atoms with E-state index in [4.69, 9.17) is 4.74 Å². The SMILES string of the molecule is CCOc1cccc(CNS(=O)(=O)c2ccc(NC(C)=O)cc2)c1. The Kier molecular flexibility index (Phi) is 5.94. The van der Waals surface area contributed by atoms with Crippen LogP contribution in [0.1, 0.15) is 19.4 Å². The molecule has 0 aliphatic carbocycles. The fourth-order valence-electron chi connectivity index (χ4n) is 2.09. The van der Waals surface area contributed by atoms with Gasteiger partial charge in [-0.05, 0) is 48.9 Å². The summed E-state index contributed by atoms with van der Waals surface area (Å²) in [5.41, 5.74) is 1.35. The molecule has 2 aromatic carbocycles. The van der Waals surface area contributed by atoms with Crippen LogP contribution in [-0.2, 0) is 21.4 Å². The lowest BCUT2D eigenvalue weighted by molar-refractivity contribution is -0.114.